The predicted molar refractivity (Wildman–Crippen MR) is 302 cm³/mol. The van der Waals surface area contributed by atoms with Crippen LogP contribution in [0.5, 0.6) is 0 Å². The van der Waals surface area contributed by atoms with Crippen LogP contribution in [-0.4, -0.2) is 0 Å². The van der Waals surface area contributed by atoms with Crippen LogP contribution in [0.3, 0.4) is 0 Å². The molecule has 0 N–H and O–H groups in total. The summed E-state index contributed by atoms with van der Waals surface area (Å²) in [6.07, 6.45) is 0.899. The summed E-state index contributed by atoms with van der Waals surface area (Å²) in [6.45, 7) is 31.2. The van der Waals surface area contributed by atoms with Crippen LogP contribution in [0, 0.1) is 45.5 Å². The van der Waals surface area contributed by atoms with Gasteiger partial charge in [0.15, 0.2) is 0 Å². The van der Waals surface area contributed by atoms with Crippen molar-refractivity contribution in [1.82, 2.24) is 0 Å². The van der Waals surface area contributed by atoms with Crippen LogP contribution in [-0.2, 0) is 6.42 Å². The molecule has 8 aromatic rings. The van der Waals surface area contributed by atoms with Crippen molar-refractivity contribution in [2.24, 2.45) is 5.92 Å². The van der Waals surface area contributed by atoms with E-state index in [1.165, 1.54) is 89.0 Å². The zero-order valence-electron chi connectivity index (χ0n) is 42.8. The monoisotopic (exact) mass is 891 g/mol. The van der Waals surface area contributed by atoms with E-state index >= 15 is 0 Å². The minimum Gasteiger partial charge on any atom is -0.106 e. The molecule has 8 aromatic carbocycles. The molecule has 0 aromatic heterocycles. The summed E-state index contributed by atoms with van der Waals surface area (Å²) in [4.78, 5) is 0. The third-order valence-electron chi connectivity index (χ3n) is 11.8. The molecular weight excluding hydrogens is 817 g/mol. The molecule has 0 radical (unpaired) electrons. The fraction of sp³-hybridized carbons (Fsp3) is 0.206. The van der Waals surface area contributed by atoms with Crippen molar-refractivity contribution in [2.75, 3.05) is 0 Å². The van der Waals surface area contributed by atoms with Crippen molar-refractivity contribution in [3.63, 3.8) is 0 Å². The predicted octanol–water partition coefficient (Wildman–Crippen LogP) is 19.4. The van der Waals surface area contributed by atoms with Crippen molar-refractivity contribution in [2.45, 2.75) is 88.5 Å². The molecule has 0 aliphatic heterocycles. The lowest BCUT2D eigenvalue weighted by molar-refractivity contribution is 0.857. The third kappa shape index (κ3) is 16.3. The molecule has 0 aliphatic rings. The van der Waals surface area contributed by atoms with E-state index in [-0.39, 0.29) is 0 Å². The fourth-order valence-electron chi connectivity index (χ4n) is 7.68. The Balaban J connectivity index is 0.000000278. The lowest BCUT2D eigenvalue weighted by Gasteiger charge is -2.16. The Morgan fingerprint density at radius 1 is 0.471 bits per heavy atom. The van der Waals surface area contributed by atoms with Gasteiger partial charge in [0.1, 0.15) is 0 Å². The average molecular weight is 891 g/mol. The first-order valence-electron chi connectivity index (χ1n) is 24.2. The smallest absolute Gasteiger partial charge is 0.0423 e. The number of allylic oxidation sites excluding steroid dienone is 2. The largest absolute Gasteiger partial charge is 0.106 e. The molecule has 0 heteroatoms. The van der Waals surface area contributed by atoms with Gasteiger partial charge >= 0.3 is 0 Å². The van der Waals surface area contributed by atoms with E-state index in [9.17, 15) is 0 Å². The fourth-order valence-corrected chi connectivity index (χ4v) is 7.68. The Morgan fingerprint density at radius 2 is 0.926 bits per heavy atom. The second-order valence-corrected chi connectivity index (χ2v) is 17.4. The molecule has 0 bridgehead atoms. The lowest BCUT2D eigenvalue weighted by Crippen LogP contribution is -1.96. The molecule has 0 amide bonds. The second kappa shape index (κ2) is 28.1. The van der Waals surface area contributed by atoms with E-state index in [2.05, 4.69) is 219 Å². The highest BCUT2D eigenvalue weighted by atomic mass is 14.2. The van der Waals surface area contributed by atoms with Crippen molar-refractivity contribution in [3.05, 3.63) is 263 Å². The Hall–Kier alpha value is -7.20. The summed E-state index contributed by atoms with van der Waals surface area (Å²) < 4.78 is 0. The molecule has 346 valence electrons. The Kier molecular flexibility index (Phi) is 22.1. The zero-order valence-corrected chi connectivity index (χ0v) is 42.8. The molecule has 0 saturated heterocycles. The molecular formula is C68H74. The summed E-state index contributed by atoms with van der Waals surface area (Å²) in [5.74, 6) is 6.84. The van der Waals surface area contributed by atoms with Gasteiger partial charge < -0.3 is 0 Å². The highest BCUT2D eigenvalue weighted by molar-refractivity contribution is 5.81. The summed E-state index contributed by atoms with van der Waals surface area (Å²) in [6, 6.07) is 70.9. The molecule has 0 fully saturated rings. The molecule has 0 heterocycles. The van der Waals surface area contributed by atoms with Crippen molar-refractivity contribution < 1.29 is 0 Å². The first-order chi connectivity index (χ1) is 32.9. The van der Waals surface area contributed by atoms with Crippen molar-refractivity contribution >= 4 is 11.1 Å². The molecule has 1 atom stereocenters. The van der Waals surface area contributed by atoms with Gasteiger partial charge in [-0.25, -0.2) is 0 Å². The molecule has 0 nitrogen and oxygen atoms in total. The van der Waals surface area contributed by atoms with Crippen molar-refractivity contribution in [1.29, 1.82) is 0 Å². The van der Waals surface area contributed by atoms with E-state index < -0.39 is 0 Å². The van der Waals surface area contributed by atoms with Crippen molar-refractivity contribution in [3.8, 4) is 45.2 Å². The summed E-state index contributed by atoms with van der Waals surface area (Å²) >= 11 is 0. The minimum atomic E-state index is 0.362. The molecule has 1 unspecified atom stereocenters. The highest BCUT2D eigenvalue weighted by Crippen LogP contribution is 2.36. The summed E-state index contributed by atoms with van der Waals surface area (Å²) in [5, 5.41) is 0. The van der Waals surface area contributed by atoms with Gasteiger partial charge in [-0.2, -0.15) is 0 Å². The molecule has 8 rings (SSSR count). The van der Waals surface area contributed by atoms with Gasteiger partial charge in [-0.3, -0.25) is 0 Å². The first-order valence-corrected chi connectivity index (χ1v) is 24.2. The van der Waals surface area contributed by atoms with Gasteiger partial charge in [-0.15, -0.1) is 5.92 Å². The highest BCUT2D eigenvalue weighted by Gasteiger charge is 2.13. The van der Waals surface area contributed by atoms with E-state index in [0.29, 0.717) is 11.8 Å². The van der Waals surface area contributed by atoms with Gasteiger partial charge in [0.25, 0.3) is 0 Å². The standard InChI is InChI=1S/C39H38.C11H12.C9H10.C7H8.C2H6/c1-26(2)30(6)32-21-17-31(18-22-32)23-35-12-8-10-14-37(35)39-25-34(20-16-29(39)5)33-19-15-28(4)38(24-33)36-13-9-7-11-27(36)3;1-3-7-10(2)11-8-5-4-6-9-11;1-8(2)9-6-4-3-5-7-9;1-7-5-3-2-4-6-7;1-2/h7-22,24-26H,6,23H2,1-5H3;4-6,8-10H,1-2H3;3-7H,1H2,2H3;2-6H,1H3;1-2H3. The topological polar surface area (TPSA) is 0 Å². The molecule has 0 aliphatic carbocycles. The Bertz CT molecular complexity index is 2830. The van der Waals surface area contributed by atoms with Gasteiger partial charge in [0, 0.05) is 5.92 Å². The number of hydrogen-bond acceptors (Lipinski definition) is 0. The van der Waals surface area contributed by atoms with Crippen LogP contribution < -0.4 is 0 Å². The van der Waals surface area contributed by atoms with Crippen LogP contribution >= 0.6 is 0 Å². The number of aryl methyl sites for hydroxylation is 4. The van der Waals surface area contributed by atoms with Crippen LogP contribution in [0.4, 0.5) is 0 Å². The average Bonchev–Trinajstić information content (AvgIpc) is 3.37. The summed E-state index contributed by atoms with van der Waals surface area (Å²) in [5.41, 5.74) is 21.6. The zero-order chi connectivity index (χ0) is 49.4. The maximum Gasteiger partial charge on any atom is 0.0423 e. The van der Waals surface area contributed by atoms with Crippen LogP contribution in [0.15, 0.2) is 213 Å². The van der Waals surface area contributed by atoms with Gasteiger partial charge in [-0.05, 0) is 156 Å². The van der Waals surface area contributed by atoms with E-state index in [1.807, 2.05) is 82.3 Å². The quantitative estimate of drug-likeness (QED) is 0.127. The van der Waals surface area contributed by atoms with Gasteiger partial charge in [-0.1, -0.05) is 246 Å². The molecule has 0 saturated carbocycles. The Morgan fingerprint density at radius 3 is 1.40 bits per heavy atom. The molecule has 68 heavy (non-hydrogen) atoms. The summed E-state index contributed by atoms with van der Waals surface area (Å²) in [7, 11) is 0. The molecule has 0 spiro atoms. The van der Waals surface area contributed by atoms with Crippen LogP contribution in [0.1, 0.15) is 104 Å². The van der Waals surface area contributed by atoms with E-state index in [4.69, 9.17) is 0 Å². The number of benzene rings is 8. The normalized spacial score (nSPS) is 10.4. The second-order valence-electron chi connectivity index (χ2n) is 17.4. The van der Waals surface area contributed by atoms with Crippen LogP contribution in [0.25, 0.3) is 44.5 Å². The maximum atomic E-state index is 4.27. The van der Waals surface area contributed by atoms with Gasteiger partial charge in [0.05, 0.1) is 0 Å². The SMILES string of the molecule is C=C(C)c1ccccc1.C=C(c1ccc(Cc2ccccc2-c2cc(-c3ccc(C)c(-c4ccccc4C)c3)ccc2C)cc1)C(C)C.CC.CC#CC(C)c1ccccc1.Cc1ccccc1. The number of hydrogen-bond donors (Lipinski definition) is 0. The van der Waals surface area contributed by atoms with E-state index in [1.54, 1.807) is 0 Å². The lowest BCUT2D eigenvalue weighted by atomic mass is 9.88. The first kappa shape index (κ1) is 53.4. The third-order valence-corrected chi connectivity index (χ3v) is 11.8. The Labute approximate surface area is 412 Å². The maximum absolute atomic E-state index is 4.27. The number of rotatable bonds is 9. The van der Waals surface area contributed by atoms with E-state index in [0.717, 1.165) is 12.0 Å². The van der Waals surface area contributed by atoms with Gasteiger partial charge in [0.2, 0.25) is 0 Å². The van der Waals surface area contributed by atoms with Crippen LogP contribution in [0.2, 0.25) is 0 Å². The minimum absolute atomic E-state index is 0.362.